The molecule has 0 saturated heterocycles. The summed E-state index contributed by atoms with van der Waals surface area (Å²) in [5.41, 5.74) is 1.63. The Morgan fingerprint density at radius 2 is 1.74 bits per heavy atom. The number of hydrogen-bond donors (Lipinski definition) is 1. The molecule has 0 bridgehead atoms. The van der Waals surface area contributed by atoms with Crippen LogP contribution < -0.4 is 14.8 Å². The van der Waals surface area contributed by atoms with Crippen molar-refractivity contribution in [1.82, 2.24) is 4.90 Å². The first kappa shape index (κ1) is 16.7. The van der Waals surface area contributed by atoms with E-state index in [0.29, 0.717) is 11.5 Å². The number of methoxy groups -OCH3 is 2. The molecule has 1 N–H and O–H groups in total. The highest BCUT2D eigenvalue weighted by atomic mass is 16.5. The summed E-state index contributed by atoms with van der Waals surface area (Å²) in [5.74, 6) is 1.29. The van der Waals surface area contributed by atoms with E-state index >= 15 is 0 Å². The van der Waals surface area contributed by atoms with Crippen LogP contribution in [0.2, 0.25) is 0 Å². The summed E-state index contributed by atoms with van der Waals surface area (Å²) in [5, 5.41) is 3.28. The molecule has 1 atom stereocenters. The van der Waals surface area contributed by atoms with Gasteiger partial charge in [0, 0.05) is 20.2 Å². The third-order valence-corrected chi connectivity index (χ3v) is 3.53. The third kappa shape index (κ3) is 3.94. The number of carbonyl (C=O) groups is 1. The normalized spacial score (nSPS) is 11.5. The number of nitrogens with zero attached hydrogens (tertiary/aromatic N) is 1. The number of likely N-dealkylation sites (N-methyl/N-ethyl adjacent to an activating group) is 1. The molecule has 0 unspecified atom stereocenters. The maximum Gasteiger partial charge on any atom is 0.249 e. The molecule has 0 saturated carbocycles. The Bertz CT molecular complexity index is 657. The zero-order valence-electron chi connectivity index (χ0n) is 13.9. The van der Waals surface area contributed by atoms with E-state index in [9.17, 15) is 4.79 Å². The van der Waals surface area contributed by atoms with Crippen LogP contribution in [0, 0.1) is 0 Å². The molecule has 2 rings (SSSR count). The number of hydrogen-bond acceptors (Lipinski definition) is 4. The Balaban J connectivity index is 2.37. The van der Waals surface area contributed by atoms with Gasteiger partial charge in [0.25, 0.3) is 0 Å². The summed E-state index contributed by atoms with van der Waals surface area (Å²) in [6, 6.07) is 14.6. The molecule has 0 aliphatic carbocycles. The van der Waals surface area contributed by atoms with Crippen molar-refractivity contribution in [2.24, 2.45) is 0 Å². The molecule has 0 fully saturated rings. The molecule has 0 aliphatic heterocycles. The average molecular weight is 314 g/mol. The molecule has 1 amide bonds. The van der Waals surface area contributed by atoms with Gasteiger partial charge in [0.15, 0.2) is 0 Å². The number of ether oxygens (including phenoxy) is 2. The van der Waals surface area contributed by atoms with Crippen molar-refractivity contribution in [1.29, 1.82) is 0 Å². The molecular weight excluding hydrogens is 292 g/mol. The topological polar surface area (TPSA) is 50.8 Å². The smallest absolute Gasteiger partial charge is 0.249 e. The molecule has 0 aliphatic rings. The molecule has 5 heteroatoms. The highest BCUT2D eigenvalue weighted by Gasteiger charge is 2.23. The number of nitrogens with one attached hydrogen (secondary N) is 1. The van der Waals surface area contributed by atoms with Crippen LogP contribution in [0.25, 0.3) is 0 Å². The van der Waals surface area contributed by atoms with Crippen molar-refractivity contribution in [3.63, 3.8) is 0 Å². The van der Waals surface area contributed by atoms with Gasteiger partial charge in [-0.25, -0.2) is 0 Å². The van der Waals surface area contributed by atoms with Gasteiger partial charge in [-0.2, -0.15) is 0 Å². The molecule has 23 heavy (non-hydrogen) atoms. The molecule has 122 valence electrons. The summed E-state index contributed by atoms with van der Waals surface area (Å²) in [6.45, 7) is 0. The van der Waals surface area contributed by atoms with Crippen LogP contribution in [0.4, 0.5) is 5.69 Å². The van der Waals surface area contributed by atoms with Crippen LogP contribution in [0.5, 0.6) is 11.5 Å². The van der Waals surface area contributed by atoms with Gasteiger partial charge in [-0.05, 0) is 17.7 Å². The van der Waals surface area contributed by atoms with Gasteiger partial charge in [-0.15, -0.1) is 0 Å². The van der Waals surface area contributed by atoms with E-state index in [-0.39, 0.29) is 5.91 Å². The SMILES string of the molecule is COc1ccc(N[C@H](C(=O)N(C)C)c2ccccc2)c(OC)c1. The zero-order valence-corrected chi connectivity index (χ0v) is 13.9. The molecular formula is C18H22N2O3. The van der Waals surface area contributed by atoms with E-state index < -0.39 is 6.04 Å². The predicted octanol–water partition coefficient (Wildman–Crippen LogP) is 2.95. The summed E-state index contributed by atoms with van der Waals surface area (Å²) in [6.07, 6.45) is 0. The minimum Gasteiger partial charge on any atom is -0.497 e. The van der Waals surface area contributed by atoms with Crippen LogP contribution in [0.15, 0.2) is 48.5 Å². The van der Waals surface area contributed by atoms with Gasteiger partial charge < -0.3 is 19.7 Å². The average Bonchev–Trinajstić information content (AvgIpc) is 2.59. The Morgan fingerprint density at radius 1 is 1.04 bits per heavy atom. The fraction of sp³-hybridized carbons (Fsp3) is 0.278. The summed E-state index contributed by atoms with van der Waals surface area (Å²) >= 11 is 0. The van der Waals surface area contributed by atoms with Crippen molar-refractivity contribution >= 4 is 11.6 Å². The minimum absolute atomic E-state index is 0.0333. The fourth-order valence-electron chi connectivity index (χ4n) is 2.26. The zero-order chi connectivity index (χ0) is 16.8. The third-order valence-electron chi connectivity index (χ3n) is 3.53. The summed E-state index contributed by atoms with van der Waals surface area (Å²) in [7, 11) is 6.67. The fourth-order valence-corrected chi connectivity index (χ4v) is 2.26. The quantitative estimate of drug-likeness (QED) is 0.890. The highest BCUT2D eigenvalue weighted by molar-refractivity contribution is 5.86. The highest BCUT2D eigenvalue weighted by Crippen LogP contribution is 2.32. The molecule has 0 heterocycles. The van der Waals surface area contributed by atoms with Crippen LogP contribution in [-0.2, 0) is 4.79 Å². The second kappa shape index (κ2) is 7.54. The molecule has 5 nitrogen and oxygen atoms in total. The molecule has 0 spiro atoms. The minimum atomic E-state index is -0.492. The first-order valence-electron chi connectivity index (χ1n) is 7.31. The van der Waals surface area contributed by atoms with E-state index in [1.165, 1.54) is 0 Å². The van der Waals surface area contributed by atoms with Crippen LogP contribution in [0.3, 0.4) is 0 Å². The molecule has 0 radical (unpaired) electrons. The number of anilines is 1. The van der Waals surface area contributed by atoms with E-state index in [0.717, 1.165) is 11.3 Å². The second-order valence-corrected chi connectivity index (χ2v) is 5.29. The van der Waals surface area contributed by atoms with Crippen LogP contribution in [-0.4, -0.2) is 39.1 Å². The van der Waals surface area contributed by atoms with E-state index in [2.05, 4.69) is 5.32 Å². The number of rotatable bonds is 6. The van der Waals surface area contributed by atoms with Gasteiger partial charge in [-0.1, -0.05) is 30.3 Å². The molecule has 0 aromatic heterocycles. The van der Waals surface area contributed by atoms with E-state index in [1.807, 2.05) is 42.5 Å². The van der Waals surface area contributed by atoms with Crippen molar-refractivity contribution < 1.29 is 14.3 Å². The van der Waals surface area contributed by atoms with Gasteiger partial charge in [0.05, 0.1) is 19.9 Å². The lowest BCUT2D eigenvalue weighted by Gasteiger charge is -2.24. The van der Waals surface area contributed by atoms with Crippen molar-refractivity contribution in [3.8, 4) is 11.5 Å². The van der Waals surface area contributed by atoms with Gasteiger partial charge in [-0.3, -0.25) is 4.79 Å². The van der Waals surface area contributed by atoms with Crippen molar-refractivity contribution in [2.45, 2.75) is 6.04 Å². The molecule has 2 aromatic carbocycles. The Morgan fingerprint density at radius 3 is 2.30 bits per heavy atom. The lowest BCUT2D eigenvalue weighted by molar-refractivity contribution is -0.129. The Hall–Kier alpha value is -2.69. The first-order chi connectivity index (χ1) is 11.1. The summed E-state index contributed by atoms with van der Waals surface area (Å²) < 4.78 is 10.6. The maximum absolute atomic E-state index is 12.6. The van der Waals surface area contributed by atoms with E-state index in [4.69, 9.17) is 9.47 Å². The summed E-state index contributed by atoms with van der Waals surface area (Å²) in [4.78, 5) is 14.1. The van der Waals surface area contributed by atoms with Crippen molar-refractivity contribution in [2.75, 3.05) is 33.6 Å². The first-order valence-corrected chi connectivity index (χ1v) is 7.31. The van der Waals surface area contributed by atoms with E-state index in [1.54, 1.807) is 39.3 Å². The van der Waals surface area contributed by atoms with Crippen molar-refractivity contribution in [3.05, 3.63) is 54.1 Å². The number of benzene rings is 2. The van der Waals surface area contributed by atoms with Crippen LogP contribution >= 0.6 is 0 Å². The maximum atomic E-state index is 12.6. The Labute approximate surface area is 136 Å². The number of carbonyl (C=O) groups excluding carboxylic acids is 1. The monoisotopic (exact) mass is 314 g/mol. The van der Waals surface area contributed by atoms with Gasteiger partial charge in [0.2, 0.25) is 5.91 Å². The second-order valence-electron chi connectivity index (χ2n) is 5.29. The lowest BCUT2D eigenvalue weighted by atomic mass is 10.1. The molecule has 2 aromatic rings. The standard InChI is InChI=1S/C18H22N2O3/c1-20(2)18(21)17(13-8-6-5-7-9-13)19-15-11-10-14(22-3)12-16(15)23-4/h5-12,17,19H,1-4H3/t17-/m0/s1. The largest absolute Gasteiger partial charge is 0.497 e. The lowest BCUT2D eigenvalue weighted by Crippen LogP contribution is -2.32. The Kier molecular flexibility index (Phi) is 5.46. The van der Waals surface area contributed by atoms with Crippen LogP contribution in [0.1, 0.15) is 11.6 Å². The van der Waals surface area contributed by atoms with Gasteiger partial charge in [0.1, 0.15) is 17.5 Å². The predicted molar refractivity (Wildman–Crippen MR) is 91.0 cm³/mol. The number of amides is 1. The van der Waals surface area contributed by atoms with Gasteiger partial charge >= 0.3 is 0 Å².